The minimum atomic E-state index is -2.94. The monoisotopic (exact) mass is 770 g/mol. The van der Waals surface area contributed by atoms with E-state index in [4.69, 9.17) is 9.97 Å². The molecule has 0 spiro atoms. The zero-order valence-electron chi connectivity index (χ0n) is 34.2. The van der Waals surface area contributed by atoms with Gasteiger partial charge in [0.2, 0.25) is 0 Å². The molecule has 0 atom stereocenters. The predicted molar refractivity (Wildman–Crippen MR) is 246 cm³/mol. The lowest BCUT2D eigenvalue weighted by Gasteiger charge is -2.35. The molecule has 2 aromatic heterocycles. The summed E-state index contributed by atoms with van der Waals surface area (Å²) < 4.78 is 0. The molecule has 0 amide bonds. The Morgan fingerprint density at radius 1 is 0.414 bits per heavy atom. The van der Waals surface area contributed by atoms with E-state index in [1.165, 1.54) is 20.7 Å². The third-order valence-corrected chi connectivity index (χ3v) is 16.0. The third kappa shape index (κ3) is 7.44. The molecular weight excluding hydrogens is 721 g/mol. The van der Waals surface area contributed by atoms with Crippen molar-refractivity contribution in [1.29, 1.82) is 0 Å². The molecule has 286 valence electrons. The van der Waals surface area contributed by atoms with Crippen molar-refractivity contribution in [2.45, 2.75) is 52.4 Å². The van der Waals surface area contributed by atoms with Crippen LogP contribution in [-0.4, -0.2) is 23.1 Å². The van der Waals surface area contributed by atoms with E-state index in [0.717, 1.165) is 56.0 Å². The highest BCUT2D eigenvalue weighted by Crippen LogP contribution is 2.42. The number of rotatable bonds is 8. The second-order valence-electron chi connectivity index (χ2n) is 17.3. The fourth-order valence-electron chi connectivity index (χ4n) is 8.18. The summed E-state index contributed by atoms with van der Waals surface area (Å²) in [5, 5.41) is 17.0. The van der Waals surface area contributed by atoms with Crippen LogP contribution < -0.4 is 20.7 Å². The van der Waals surface area contributed by atoms with Crippen molar-refractivity contribution in [3.05, 3.63) is 199 Å². The first-order chi connectivity index (χ1) is 27.9. The first kappa shape index (κ1) is 38.5. The van der Waals surface area contributed by atoms with Crippen LogP contribution in [-0.2, 0) is 10.8 Å². The van der Waals surface area contributed by atoms with Gasteiger partial charge in [-0.2, -0.15) is 0 Å². The fourth-order valence-corrected chi connectivity index (χ4v) is 13.0. The Balaban J connectivity index is 1.42. The van der Waals surface area contributed by atoms with E-state index in [1.807, 2.05) is 18.3 Å². The number of pyridine rings is 2. The number of aromatic hydroxyl groups is 1. The van der Waals surface area contributed by atoms with Crippen molar-refractivity contribution in [1.82, 2.24) is 9.97 Å². The summed E-state index contributed by atoms with van der Waals surface area (Å²) in [6.45, 7) is 13.1. The van der Waals surface area contributed by atoms with Gasteiger partial charge >= 0.3 is 0 Å². The highest BCUT2D eigenvalue weighted by molar-refractivity contribution is 7.20. The average molecular weight is 771 g/mol. The number of phenolic OH excluding ortho intramolecular Hbond substituents is 1. The Morgan fingerprint density at radius 2 is 0.931 bits per heavy atom. The van der Waals surface area contributed by atoms with Crippen molar-refractivity contribution < 1.29 is 5.11 Å². The Hall–Kier alpha value is -6.36. The Kier molecular flexibility index (Phi) is 10.3. The lowest BCUT2D eigenvalue weighted by atomic mass is 9.78. The second-order valence-corrected chi connectivity index (χ2v) is 21.1. The fraction of sp³-hybridized carbons (Fsp3) is 0.148. The SMILES string of the molecule is CC(C)(C)c1cc(-c2cccc(-c3cc(-c4cc(-c5ccccc5)ccn4)cc([Si](c4ccccc4)(c4ccccc4)c4ccccc4)c3)n2)c(O)c(C(C)(C)C)c1. The van der Waals surface area contributed by atoms with Crippen LogP contribution in [0.1, 0.15) is 52.7 Å². The minimum Gasteiger partial charge on any atom is -0.507 e. The van der Waals surface area contributed by atoms with Crippen LogP contribution in [0.2, 0.25) is 0 Å². The normalized spacial score (nSPS) is 12.0. The summed E-state index contributed by atoms with van der Waals surface area (Å²) in [7, 11) is -2.94. The minimum absolute atomic E-state index is 0.120. The van der Waals surface area contributed by atoms with Crippen molar-refractivity contribution in [3.63, 3.8) is 0 Å². The molecule has 4 heteroatoms. The molecule has 0 radical (unpaired) electrons. The zero-order chi connectivity index (χ0) is 40.5. The standard InChI is InChI=1S/C54H50N2OSi/c1-53(2,3)42-36-47(52(57)48(37-42)54(4,5)6)50-29-19-28-49(56-50)40-32-41(51-35-39(30-31-55-51)38-20-11-7-12-21-38)34-46(33-40)58(43-22-13-8-14-23-43,44-24-15-9-16-25-44)45-26-17-10-18-27-45/h7-37,57H,1-6H3. The number of hydrogen-bond donors (Lipinski definition) is 1. The smallest absolute Gasteiger partial charge is 0.179 e. The maximum atomic E-state index is 11.9. The average Bonchev–Trinajstić information content (AvgIpc) is 3.25. The summed E-state index contributed by atoms with van der Waals surface area (Å²) in [6.07, 6.45) is 1.91. The molecule has 6 aromatic carbocycles. The van der Waals surface area contributed by atoms with Gasteiger partial charge in [0.25, 0.3) is 0 Å². The molecule has 58 heavy (non-hydrogen) atoms. The molecule has 0 saturated heterocycles. The van der Waals surface area contributed by atoms with Gasteiger partial charge in [-0.05, 0) is 84.7 Å². The summed E-state index contributed by atoms with van der Waals surface area (Å²) in [6, 6.07) is 65.2. The van der Waals surface area contributed by atoms with Gasteiger partial charge in [-0.3, -0.25) is 4.98 Å². The molecule has 1 N–H and O–H groups in total. The van der Waals surface area contributed by atoms with Crippen LogP contribution in [0.5, 0.6) is 5.75 Å². The summed E-state index contributed by atoms with van der Waals surface area (Å²) >= 11 is 0. The molecule has 0 saturated carbocycles. The van der Waals surface area contributed by atoms with E-state index in [0.29, 0.717) is 0 Å². The molecule has 2 heterocycles. The van der Waals surface area contributed by atoms with E-state index in [1.54, 1.807) is 0 Å². The van der Waals surface area contributed by atoms with Crippen molar-refractivity contribution in [3.8, 4) is 50.6 Å². The maximum absolute atomic E-state index is 11.9. The first-order valence-electron chi connectivity index (χ1n) is 20.1. The van der Waals surface area contributed by atoms with Crippen LogP contribution in [0.4, 0.5) is 0 Å². The van der Waals surface area contributed by atoms with E-state index >= 15 is 0 Å². The van der Waals surface area contributed by atoms with E-state index < -0.39 is 8.07 Å². The van der Waals surface area contributed by atoms with Crippen LogP contribution >= 0.6 is 0 Å². The van der Waals surface area contributed by atoms with Gasteiger partial charge in [0, 0.05) is 28.5 Å². The quantitative estimate of drug-likeness (QED) is 0.124. The second kappa shape index (κ2) is 15.5. The third-order valence-electron chi connectivity index (χ3n) is 11.3. The number of phenols is 1. The molecule has 0 aliphatic rings. The maximum Gasteiger partial charge on any atom is 0.179 e. The molecule has 8 aromatic rings. The largest absolute Gasteiger partial charge is 0.507 e. The van der Waals surface area contributed by atoms with Gasteiger partial charge in [0.1, 0.15) is 5.75 Å². The summed E-state index contributed by atoms with van der Waals surface area (Å²) in [4.78, 5) is 10.4. The highest BCUT2D eigenvalue weighted by atomic mass is 28.3. The van der Waals surface area contributed by atoms with E-state index in [9.17, 15) is 5.11 Å². The Bertz CT molecular complexity index is 2580. The lowest BCUT2D eigenvalue weighted by Crippen LogP contribution is -2.74. The first-order valence-corrected chi connectivity index (χ1v) is 22.1. The molecule has 0 aliphatic heterocycles. The Labute approximate surface area is 344 Å². The molecule has 3 nitrogen and oxygen atoms in total. The molecule has 0 fully saturated rings. The van der Waals surface area contributed by atoms with Gasteiger partial charge < -0.3 is 5.11 Å². The molecule has 0 bridgehead atoms. The lowest BCUT2D eigenvalue weighted by molar-refractivity contribution is 0.446. The van der Waals surface area contributed by atoms with Crippen LogP contribution in [0.3, 0.4) is 0 Å². The van der Waals surface area contributed by atoms with Gasteiger partial charge in [-0.25, -0.2) is 4.98 Å². The molecule has 0 unspecified atom stereocenters. The van der Waals surface area contributed by atoms with Crippen molar-refractivity contribution in [2.75, 3.05) is 0 Å². The summed E-state index contributed by atoms with van der Waals surface area (Å²) in [5.41, 5.74) is 9.16. The van der Waals surface area contributed by atoms with Crippen LogP contribution in [0.15, 0.2) is 188 Å². The Morgan fingerprint density at radius 3 is 1.47 bits per heavy atom. The number of hydrogen-bond acceptors (Lipinski definition) is 3. The topological polar surface area (TPSA) is 46.0 Å². The van der Waals surface area contributed by atoms with Gasteiger partial charge in [-0.1, -0.05) is 187 Å². The van der Waals surface area contributed by atoms with Crippen molar-refractivity contribution >= 4 is 28.8 Å². The number of benzene rings is 6. The van der Waals surface area contributed by atoms with Crippen molar-refractivity contribution in [2.24, 2.45) is 0 Å². The number of nitrogens with zero attached hydrogens (tertiary/aromatic N) is 2. The summed E-state index contributed by atoms with van der Waals surface area (Å²) in [5.74, 6) is 0.283. The van der Waals surface area contributed by atoms with Gasteiger partial charge in [-0.15, -0.1) is 0 Å². The van der Waals surface area contributed by atoms with E-state index in [2.05, 4.69) is 211 Å². The van der Waals surface area contributed by atoms with Gasteiger partial charge in [0.15, 0.2) is 8.07 Å². The number of aromatic nitrogens is 2. The molecular formula is C54H50N2OSi. The van der Waals surface area contributed by atoms with Crippen LogP contribution in [0, 0.1) is 0 Å². The molecule has 0 aliphatic carbocycles. The predicted octanol–water partition coefficient (Wildman–Crippen LogP) is 10.8. The molecule has 8 rings (SSSR count). The zero-order valence-corrected chi connectivity index (χ0v) is 35.2. The van der Waals surface area contributed by atoms with E-state index in [-0.39, 0.29) is 16.6 Å². The van der Waals surface area contributed by atoms with Gasteiger partial charge in [0.05, 0.1) is 17.1 Å². The highest BCUT2D eigenvalue weighted by Gasteiger charge is 2.42. The van der Waals surface area contributed by atoms with Crippen LogP contribution in [0.25, 0.3) is 44.9 Å².